The Hall–Kier alpha value is -2.24. The van der Waals surface area contributed by atoms with Gasteiger partial charge in [-0.25, -0.2) is 9.67 Å². The van der Waals surface area contributed by atoms with E-state index in [0.717, 1.165) is 29.3 Å². The molecule has 0 fully saturated rings. The van der Waals surface area contributed by atoms with E-state index >= 15 is 0 Å². The Morgan fingerprint density at radius 3 is 2.95 bits per heavy atom. The average molecular weight is 270 g/mol. The number of aromatic nitrogens is 4. The van der Waals surface area contributed by atoms with Gasteiger partial charge in [0.1, 0.15) is 11.5 Å². The molecule has 0 radical (unpaired) electrons. The van der Waals surface area contributed by atoms with E-state index < -0.39 is 0 Å². The Labute approximate surface area is 117 Å². The van der Waals surface area contributed by atoms with Gasteiger partial charge in [-0.1, -0.05) is 5.21 Å². The summed E-state index contributed by atoms with van der Waals surface area (Å²) in [6, 6.07) is 2.30. The molecule has 0 amide bonds. The summed E-state index contributed by atoms with van der Waals surface area (Å²) in [6.45, 7) is 7.72. The first-order valence-corrected chi connectivity index (χ1v) is 6.89. The first-order valence-electron chi connectivity index (χ1n) is 6.89. The lowest BCUT2D eigenvalue weighted by atomic mass is 10.1. The van der Waals surface area contributed by atoms with E-state index in [1.807, 2.05) is 23.1 Å². The largest absolute Gasteiger partial charge is 0.370 e. The second-order valence-corrected chi connectivity index (χ2v) is 5.07. The number of hydrogen-bond donors (Lipinski definition) is 1. The third kappa shape index (κ3) is 2.07. The van der Waals surface area contributed by atoms with Crippen molar-refractivity contribution >= 4 is 11.5 Å². The normalized spacial score (nSPS) is 13.5. The van der Waals surface area contributed by atoms with Gasteiger partial charge >= 0.3 is 0 Å². The molecule has 0 bridgehead atoms. The van der Waals surface area contributed by atoms with Crippen LogP contribution in [0.4, 0.5) is 5.82 Å². The standard InChI is InChI=1S/C14H18N6/c1-4-15-14-12-10(5-6-16-14)7-17-13(12)11-8-20(9(2)3)19-18-11/h5-6,8-9H,4,7H2,1-3H3,(H,15,16). The lowest BCUT2D eigenvalue weighted by Gasteiger charge is -2.09. The number of nitrogens with zero attached hydrogens (tertiary/aromatic N) is 5. The van der Waals surface area contributed by atoms with Gasteiger partial charge in [0.15, 0.2) is 0 Å². The fraction of sp³-hybridized carbons (Fsp3) is 0.429. The maximum Gasteiger partial charge on any atom is 0.135 e. The summed E-state index contributed by atoms with van der Waals surface area (Å²) in [7, 11) is 0. The smallest absolute Gasteiger partial charge is 0.135 e. The summed E-state index contributed by atoms with van der Waals surface area (Å²) in [4.78, 5) is 9.02. The molecule has 6 nitrogen and oxygen atoms in total. The summed E-state index contributed by atoms with van der Waals surface area (Å²) in [5.41, 5.74) is 3.94. The highest BCUT2D eigenvalue weighted by molar-refractivity contribution is 6.16. The third-order valence-corrected chi connectivity index (χ3v) is 3.31. The minimum absolute atomic E-state index is 0.292. The van der Waals surface area contributed by atoms with E-state index in [1.165, 1.54) is 5.56 Å². The van der Waals surface area contributed by atoms with Crippen LogP contribution in [0, 0.1) is 0 Å². The number of pyridine rings is 1. The highest BCUT2D eigenvalue weighted by Crippen LogP contribution is 2.27. The molecule has 3 rings (SSSR count). The van der Waals surface area contributed by atoms with Crippen LogP contribution in [0.3, 0.4) is 0 Å². The number of fused-ring (bicyclic) bond motifs is 1. The second-order valence-electron chi connectivity index (χ2n) is 5.07. The van der Waals surface area contributed by atoms with Crippen molar-refractivity contribution in [2.75, 3.05) is 11.9 Å². The zero-order valence-electron chi connectivity index (χ0n) is 12.0. The van der Waals surface area contributed by atoms with Gasteiger partial charge < -0.3 is 5.32 Å². The molecule has 2 aromatic rings. The van der Waals surface area contributed by atoms with E-state index in [0.29, 0.717) is 12.6 Å². The molecular weight excluding hydrogens is 252 g/mol. The lowest BCUT2D eigenvalue weighted by molar-refractivity contribution is 0.514. The number of rotatable bonds is 4. The maximum atomic E-state index is 4.61. The zero-order chi connectivity index (χ0) is 14.1. The molecule has 0 spiro atoms. The van der Waals surface area contributed by atoms with Gasteiger partial charge in [-0.15, -0.1) is 5.10 Å². The van der Waals surface area contributed by atoms with Gasteiger partial charge in [0.05, 0.1) is 18.5 Å². The highest BCUT2D eigenvalue weighted by atomic mass is 15.4. The summed E-state index contributed by atoms with van der Waals surface area (Å²) in [5, 5.41) is 11.7. The molecule has 0 aliphatic carbocycles. The quantitative estimate of drug-likeness (QED) is 0.923. The number of nitrogens with one attached hydrogen (secondary N) is 1. The predicted molar refractivity (Wildman–Crippen MR) is 78.2 cm³/mol. The SMILES string of the molecule is CCNc1nccc2c1C(c1cn(C(C)C)nn1)=NC2. The zero-order valence-corrected chi connectivity index (χ0v) is 12.0. The highest BCUT2D eigenvalue weighted by Gasteiger charge is 2.24. The van der Waals surface area contributed by atoms with E-state index in [9.17, 15) is 0 Å². The first-order chi connectivity index (χ1) is 9.70. The number of hydrogen-bond acceptors (Lipinski definition) is 5. The van der Waals surface area contributed by atoms with Crippen LogP contribution in [-0.2, 0) is 6.54 Å². The van der Waals surface area contributed by atoms with E-state index in [2.05, 4.69) is 46.4 Å². The Kier molecular flexibility index (Phi) is 3.22. The average Bonchev–Trinajstić information content (AvgIpc) is 3.05. The molecule has 20 heavy (non-hydrogen) atoms. The molecule has 0 saturated carbocycles. The van der Waals surface area contributed by atoms with Gasteiger partial charge in [0, 0.05) is 24.3 Å². The Morgan fingerprint density at radius 1 is 1.40 bits per heavy atom. The fourth-order valence-electron chi connectivity index (χ4n) is 2.29. The first kappa shape index (κ1) is 12.8. The van der Waals surface area contributed by atoms with Crippen molar-refractivity contribution < 1.29 is 0 Å². The molecule has 6 heteroatoms. The van der Waals surface area contributed by atoms with Gasteiger partial charge in [-0.2, -0.15) is 0 Å². The van der Waals surface area contributed by atoms with Gasteiger partial charge in [-0.05, 0) is 32.4 Å². The van der Waals surface area contributed by atoms with Crippen LogP contribution in [0.5, 0.6) is 0 Å². The predicted octanol–water partition coefficient (Wildman–Crippen LogP) is 2.04. The Balaban J connectivity index is 2.02. The minimum atomic E-state index is 0.292. The van der Waals surface area contributed by atoms with Gasteiger partial charge in [0.25, 0.3) is 0 Å². The van der Waals surface area contributed by atoms with Crippen LogP contribution < -0.4 is 5.32 Å². The van der Waals surface area contributed by atoms with Crippen LogP contribution >= 0.6 is 0 Å². The minimum Gasteiger partial charge on any atom is -0.370 e. The van der Waals surface area contributed by atoms with Gasteiger partial charge in [0.2, 0.25) is 0 Å². The summed E-state index contributed by atoms with van der Waals surface area (Å²) in [5.74, 6) is 0.875. The van der Waals surface area contributed by atoms with Crippen molar-refractivity contribution in [1.29, 1.82) is 0 Å². The Bertz CT molecular complexity index is 655. The maximum absolute atomic E-state index is 4.61. The molecule has 1 aliphatic rings. The summed E-state index contributed by atoms with van der Waals surface area (Å²) in [6.07, 6.45) is 3.77. The number of anilines is 1. The molecule has 0 atom stereocenters. The van der Waals surface area contributed by atoms with Crippen LogP contribution in [0.25, 0.3) is 0 Å². The molecule has 0 unspecified atom stereocenters. The molecule has 1 aliphatic heterocycles. The van der Waals surface area contributed by atoms with Crippen molar-refractivity contribution in [3.63, 3.8) is 0 Å². The van der Waals surface area contributed by atoms with Crippen molar-refractivity contribution in [3.8, 4) is 0 Å². The fourth-order valence-corrected chi connectivity index (χ4v) is 2.29. The van der Waals surface area contributed by atoms with Crippen molar-refractivity contribution in [3.05, 3.63) is 35.3 Å². The summed E-state index contributed by atoms with van der Waals surface area (Å²) < 4.78 is 1.85. The molecule has 104 valence electrons. The van der Waals surface area contributed by atoms with E-state index in [-0.39, 0.29) is 0 Å². The molecule has 0 aromatic carbocycles. The van der Waals surface area contributed by atoms with Crippen LogP contribution in [0.15, 0.2) is 23.5 Å². The van der Waals surface area contributed by atoms with Crippen LogP contribution in [0.2, 0.25) is 0 Å². The van der Waals surface area contributed by atoms with Gasteiger partial charge in [-0.3, -0.25) is 4.99 Å². The number of aliphatic imine (C=N–C) groups is 1. The monoisotopic (exact) mass is 270 g/mol. The Morgan fingerprint density at radius 2 is 2.25 bits per heavy atom. The molecule has 0 saturated heterocycles. The topological polar surface area (TPSA) is 68.0 Å². The second kappa shape index (κ2) is 5.03. The molecule has 3 heterocycles. The van der Waals surface area contributed by atoms with Crippen LogP contribution in [-0.4, -0.2) is 32.2 Å². The molecular formula is C14H18N6. The lowest BCUT2D eigenvalue weighted by Crippen LogP contribution is -2.09. The third-order valence-electron chi connectivity index (χ3n) is 3.31. The molecule has 2 aromatic heterocycles. The van der Waals surface area contributed by atoms with Crippen molar-refractivity contribution in [2.45, 2.75) is 33.4 Å². The summed E-state index contributed by atoms with van der Waals surface area (Å²) >= 11 is 0. The van der Waals surface area contributed by atoms with Crippen molar-refractivity contribution in [2.24, 2.45) is 4.99 Å². The van der Waals surface area contributed by atoms with E-state index in [1.54, 1.807) is 0 Å². The van der Waals surface area contributed by atoms with E-state index in [4.69, 9.17) is 0 Å². The van der Waals surface area contributed by atoms with Crippen LogP contribution in [0.1, 0.15) is 43.6 Å². The van der Waals surface area contributed by atoms with Crippen molar-refractivity contribution in [1.82, 2.24) is 20.0 Å². The molecule has 1 N–H and O–H groups in total.